The van der Waals surface area contributed by atoms with Gasteiger partial charge in [0.15, 0.2) is 0 Å². The van der Waals surface area contributed by atoms with Gasteiger partial charge in [0.05, 0.1) is 11.3 Å². The van der Waals surface area contributed by atoms with E-state index in [1.54, 1.807) is 48.5 Å². The molecule has 0 saturated heterocycles. The third-order valence-electron chi connectivity index (χ3n) is 3.81. The first-order valence-corrected chi connectivity index (χ1v) is 7.06. The van der Waals surface area contributed by atoms with E-state index in [1.165, 1.54) is 19.0 Å². The van der Waals surface area contributed by atoms with Gasteiger partial charge in [0.2, 0.25) is 0 Å². The molecule has 0 atom stereocenters. The zero-order valence-electron chi connectivity index (χ0n) is 12.8. The smallest absolute Gasteiger partial charge is 0.272 e. The molecule has 1 aliphatic heterocycles. The first kappa shape index (κ1) is 14.8. The van der Waals surface area contributed by atoms with Crippen molar-refractivity contribution in [2.75, 3.05) is 19.0 Å². The standard InChI is InChI=1S/C17H15N3O3/c1-18-15(21)13-10-6-7-11-14(13)20(12-8-4-3-5-9-12)17(23)16(22)19(18)2/h3-11H,1-2H3. The molecule has 1 heterocycles. The highest BCUT2D eigenvalue weighted by molar-refractivity contribution is 6.42. The second kappa shape index (κ2) is 5.57. The lowest BCUT2D eigenvalue weighted by atomic mass is 10.1. The van der Waals surface area contributed by atoms with Crippen LogP contribution in [0.3, 0.4) is 0 Å². The molecule has 1 aliphatic rings. The van der Waals surface area contributed by atoms with E-state index >= 15 is 0 Å². The molecule has 3 amide bonds. The number of hydrogen-bond donors (Lipinski definition) is 0. The Kier molecular flexibility index (Phi) is 3.57. The topological polar surface area (TPSA) is 60.9 Å². The van der Waals surface area contributed by atoms with E-state index in [-0.39, 0.29) is 5.91 Å². The van der Waals surface area contributed by atoms with E-state index in [0.29, 0.717) is 16.9 Å². The summed E-state index contributed by atoms with van der Waals surface area (Å²) in [5, 5.41) is 2.16. The number of hydrazine groups is 1. The summed E-state index contributed by atoms with van der Waals surface area (Å²) in [5.41, 5.74) is 1.28. The SMILES string of the molecule is CN1C(=O)C(=O)N(c2ccccc2)c2ccccc2C(=O)N1C. The number of hydrogen-bond acceptors (Lipinski definition) is 3. The number of nitrogens with zero attached hydrogens (tertiary/aromatic N) is 3. The maximum Gasteiger partial charge on any atom is 0.331 e. The van der Waals surface area contributed by atoms with E-state index < -0.39 is 11.8 Å². The molecule has 3 rings (SSSR count). The highest BCUT2D eigenvalue weighted by atomic mass is 16.2. The normalized spacial score (nSPS) is 15.4. The molecule has 2 aromatic carbocycles. The van der Waals surface area contributed by atoms with Crippen molar-refractivity contribution in [3.63, 3.8) is 0 Å². The Morgan fingerprint density at radius 1 is 0.652 bits per heavy atom. The van der Waals surface area contributed by atoms with Crippen molar-refractivity contribution in [2.45, 2.75) is 0 Å². The summed E-state index contributed by atoms with van der Waals surface area (Å²) in [6.07, 6.45) is 0. The fourth-order valence-corrected chi connectivity index (χ4v) is 2.47. The van der Waals surface area contributed by atoms with Gasteiger partial charge < -0.3 is 0 Å². The second-order valence-corrected chi connectivity index (χ2v) is 5.15. The fraction of sp³-hybridized carbons (Fsp3) is 0.118. The van der Waals surface area contributed by atoms with Crippen molar-refractivity contribution in [2.24, 2.45) is 0 Å². The van der Waals surface area contributed by atoms with Gasteiger partial charge in [0.1, 0.15) is 0 Å². The van der Waals surface area contributed by atoms with Gasteiger partial charge in [0.25, 0.3) is 5.91 Å². The molecule has 0 fully saturated rings. The predicted octanol–water partition coefficient (Wildman–Crippen LogP) is 1.81. The minimum atomic E-state index is -0.779. The highest BCUT2D eigenvalue weighted by Crippen LogP contribution is 2.31. The summed E-state index contributed by atoms with van der Waals surface area (Å²) in [5.74, 6) is -1.85. The Bertz CT molecular complexity index is 789. The van der Waals surface area contributed by atoms with Crippen LogP contribution < -0.4 is 4.90 Å². The minimum Gasteiger partial charge on any atom is -0.272 e. The number of carbonyl (C=O) groups excluding carboxylic acids is 3. The molecule has 0 radical (unpaired) electrons. The van der Waals surface area contributed by atoms with Crippen molar-refractivity contribution < 1.29 is 14.4 Å². The Morgan fingerprint density at radius 2 is 1.22 bits per heavy atom. The third kappa shape index (κ3) is 2.34. The summed E-state index contributed by atoms with van der Waals surface area (Å²) in [6.45, 7) is 0. The molecule has 0 bridgehead atoms. The Balaban J connectivity index is 2.27. The van der Waals surface area contributed by atoms with Crippen LogP contribution in [-0.4, -0.2) is 41.8 Å². The van der Waals surface area contributed by atoms with Crippen LogP contribution in [0.25, 0.3) is 0 Å². The van der Waals surface area contributed by atoms with E-state index in [2.05, 4.69) is 0 Å². The third-order valence-corrected chi connectivity index (χ3v) is 3.81. The molecule has 2 aromatic rings. The fourth-order valence-electron chi connectivity index (χ4n) is 2.47. The monoisotopic (exact) mass is 309 g/mol. The summed E-state index contributed by atoms with van der Waals surface area (Å²) >= 11 is 0. The van der Waals surface area contributed by atoms with Crippen LogP contribution in [0.5, 0.6) is 0 Å². The zero-order valence-corrected chi connectivity index (χ0v) is 12.8. The number of carbonyl (C=O) groups is 3. The van der Waals surface area contributed by atoms with Crippen LogP contribution in [0.1, 0.15) is 10.4 Å². The zero-order chi connectivity index (χ0) is 16.6. The average molecular weight is 309 g/mol. The second-order valence-electron chi connectivity index (χ2n) is 5.15. The number of rotatable bonds is 1. The van der Waals surface area contributed by atoms with Gasteiger partial charge >= 0.3 is 11.8 Å². The van der Waals surface area contributed by atoms with E-state index in [0.717, 1.165) is 10.0 Å². The highest BCUT2D eigenvalue weighted by Gasteiger charge is 2.36. The summed E-state index contributed by atoms with van der Waals surface area (Å²) in [7, 11) is 2.86. The molecule has 0 saturated carbocycles. The number of para-hydroxylation sites is 2. The van der Waals surface area contributed by atoms with Gasteiger partial charge in [-0.05, 0) is 24.3 Å². The number of anilines is 2. The maximum absolute atomic E-state index is 12.7. The molecule has 23 heavy (non-hydrogen) atoms. The summed E-state index contributed by atoms with van der Waals surface area (Å²) in [6, 6.07) is 15.5. The molecular formula is C17H15N3O3. The predicted molar refractivity (Wildman–Crippen MR) is 84.9 cm³/mol. The maximum atomic E-state index is 12.7. The van der Waals surface area contributed by atoms with E-state index in [4.69, 9.17) is 0 Å². The first-order valence-electron chi connectivity index (χ1n) is 7.06. The Labute approximate surface area is 133 Å². The van der Waals surface area contributed by atoms with Crippen molar-refractivity contribution in [3.8, 4) is 0 Å². The van der Waals surface area contributed by atoms with E-state index in [1.807, 2.05) is 6.07 Å². The number of benzene rings is 2. The van der Waals surface area contributed by atoms with Crippen molar-refractivity contribution in [3.05, 3.63) is 60.2 Å². The molecule has 0 N–H and O–H groups in total. The number of fused-ring (bicyclic) bond motifs is 1. The van der Waals surface area contributed by atoms with Gasteiger partial charge in [-0.1, -0.05) is 30.3 Å². The van der Waals surface area contributed by atoms with Gasteiger partial charge in [-0.25, -0.2) is 5.01 Å². The lowest BCUT2D eigenvalue weighted by Gasteiger charge is -2.34. The average Bonchev–Trinajstić information content (AvgIpc) is 2.60. The lowest BCUT2D eigenvalue weighted by molar-refractivity contribution is -0.150. The minimum absolute atomic E-state index is 0.353. The quantitative estimate of drug-likeness (QED) is 0.755. The van der Waals surface area contributed by atoms with Crippen LogP contribution in [0, 0.1) is 0 Å². The van der Waals surface area contributed by atoms with Crippen LogP contribution in [0.15, 0.2) is 54.6 Å². The number of likely N-dealkylation sites (N-methyl/N-ethyl adjacent to an activating group) is 1. The first-order chi connectivity index (χ1) is 11.0. The van der Waals surface area contributed by atoms with Gasteiger partial charge in [-0.2, -0.15) is 0 Å². The van der Waals surface area contributed by atoms with Crippen LogP contribution >= 0.6 is 0 Å². The van der Waals surface area contributed by atoms with Crippen molar-refractivity contribution >= 4 is 29.1 Å². The molecule has 0 unspecified atom stereocenters. The lowest BCUT2D eigenvalue weighted by Crippen LogP contribution is -2.53. The van der Waals surface area contributed by atoms with Crippen molar-refractivity contribution in [1.29, 1.82) is 0 Å². The van der Waals surface area contributed by atoms with Gasteiger partial charge in [-0.3, -0.25) is 24.3 Å². The van der Waals surface area contributed by atoms with Gasteiger partial charge in [-0.15, -0.1) is 0 Å². The largest absolute Gasteiger partial charge is 0.331 e. The summed E-state index contributed by atoms with van der Waals surface area (Å²) < 4.78 is 0. The Morgan fingerprint density at radius 3 is 1.91 bits per heavy atom. The molecule has 0 aliphatic carbocycles. The van der Waals surface area contributed by atoms with Crippen LogP contribution in [-0.2, 0) is 9.59 Å². The van der Waals surface area contributed by atoms with Crippen LogP contribution in [0.4, 0.5) is 11.4 Å². The van der Waals surface area contributed by atoms with Crippen LogP contribution in [0.2, 0.25) is 0 Å². The molecule has 6 heteroatoms. The molecule has 0 aromatic heterocycles. The molecule has 116 valence electrons. The number of amides is 3. The van der Waals surface area contributed by atoms with Gasteiger partial charge in [0, 0.05) is 19.8 Å². The van der Waals surface area contributed by atoms with E-state index in [9.17, 15) is 14.4 Å². The molecular weight excluding hydrogens is 294 g/mol. The molecule has 0 spiro atoms. The Hall–Kier alpha value is -3.15. The summed E-state index contributed by atoms with van der Waals surface area (Å²) in [4.78, 5) is 39.0. The van der Waals surface area contributed by atoms with Crippen molar-refractivity contribution in [1.82, 2.24) is 10.0 Å². The molecule has 6 nitrogen and oxygen atoms in total.